The molecular weight excluding hydrogens is 226 g/mol. The molecule has 2 N–H and O–H groups in total. The highest BCUT2D eigenvalue weighted by Crippen LogP contribution is 2.18. The molecule has 0 bridgehead atoms. The topological polar surface area (TPSA) is 50.1 Å². The highest BCUT2D eigenvalue weighted by atomic mass is 16.3. The predicted molar refractivity (Wildman–Crippen MR) is 74.6 cm³/mol. The van der Waals surface area contributed by atoms with Crippen molar-refractivity contribution in [2.45, 2.75) is 58.5 Å². The summed E-state index contributed by atoms with van der Waals surface area (Å²) in [6, 6.07) is 0. The van der Waals surface area contributed by atoms with Crippen molar-refractivity contribution in [2.24, 2.45) is 0 Å². The van der Waals surface area contributed by atoms with Crippen LogP contribution in [-0.2, 0) is 6.54 Å². The van der Waals surface area contributed by atoms with Crippen LogP contribution in [0.3, 0.4) is 0 Å². The highest BCUT2D eigenvalue weighted by molar-refractivity contribution is 4.90. The van der Waals surface area contributed by atoms with Gasteiger partial charge >= 0.3 is 0 Å². The van der Waals surface area contributed by atoms with Gasteiger partial charge in [-0.2, -0.15) is 0 Å². The van der Waals surface area contributed by atoms with Gasteiger partial charge in [0.2, 0.25) is 0 Å². The summed E-state index contributed by atoms with van der Waals surface area (Å²) in [5, 5.41) is 13.1. The van der Waals surface area contributed by atoms with E-state index in [0.717, 1.165) is 44.6 Å². The summed E-state index contributed by atoms with van der Waals surface area (Å²) in [7, 11) is 0. The summed E-state index contributed by atoms with van der Waals surface area (Å²) < 4.78 is 2.16. The van der Waals surface area contributed by atoms with Crippen molar-refractivity contribution < 1.29 is 5.11 Å². The van der Waals surface area contributed by atoms with E-state index in [1.165, 1.54) is 0 Å². The molecule has 1 unspecified atom stereocenters. The van der Waals surface area contributed by atoms with E-state index in [4.69, 9.17) is 0 Å². The lowest BCUT2D eigenvalue weighted by Crippen LogP contribution is -2.48. The minimum Gasteiger partial charge on any atom is -0.394 e. The van der Waals surface area contributed by atoms with Gasteiger partial charge in [-0.1, -0.05) is 13.8 Å². The van der Waals surface area contributed by atoms with Crippen LogP contribution < -0.4 is 5.32 Å². The first kappa shape index (κ1) is 15.2. The monoisotopic (exact) mass is 253 g/mol. The molecule has 0 aliphatic rings. The number of nitrogens with one attached hydrogen (secondary N) is 1. The van der Waals surface area contributed by atoms with E-state index in [-0.39, 0.29) is 12.1 Å². The van der Waals surface area contributed by atoms with Gasteiger partial charge in [0.1, 0.15) is 5.82 Å². The molecule has 0 aliphatic heterocycles. The number of imidazole rings is 1. The van der Waals surface area contributed by atoms with Crippen molar-refractivity contribution in [3.63, 3.8) is 0 Å². The van der Waals surface area contributed by atoms with Crippen LogP contribution in [0.5, 0.6) is 0 Å². The van der Waals surface area contributed by atoms with Gasteiger partial charge in [-0.25, -0.2) is 4.98 Å². The van der Waals surface area contributed by atoms with Crippen LogP contribution in [0.4, 0.5) is 0 Å². The fourth-order valence-corrected chi connectivity index (χ4v) is 2.25. The largest absolute Gasteiger partial charge is 0.394 e. The van der Waals surface area contributed by atoms with Crippen LogP contribution in [-0.4, -0.2) is 33.3 Å². The molecule has 1 aromatic heterocycles. The molecule has 0 saturated heterocycles. The van der Waals surface area contributed by atoms with Gasteiger partial charge in [0.25, 0.3) is 0 Å². The van der Waals surface area contributed by atoms with Crippen molar-refractivity contribution in [1.29, 1.82) is 0 Å². The summed E-state index contributed by atoms with van der Waals surface area (Å²) in [6.07, 6.45) is 7.97. The Labute approximate surface area is 110 Å². The third-order valence-corrected chi connectivity index (χ3v) is 3.71. The van der Waals surface area contributed by atoms with E-state index in [1.54, 1.807) is 0 Å². The van der Waals surface area contributed by atoms with Gasteiger partial charge in [0.05, 0.1) is 6.61 Å². The van der Waals surface area contributed by atoms with Crippen LogP contribution in [0.15, 0.2) is 12.4 Å². The maximum atomic E-state index is 9.63. The quantitative estimate of drug-likeness (QED) is 0.708. The van der Waals surface area contributed by atoms with E-state index in [0.29, 0.717) is 0 Å². The Morgan fingerprint density at radius 1 is 1.44 bits per heavy atom. The SMILES string of the molecule is CCCNC(CC)(CO)CCCn1ccnc1C. The number of nitrogens with zero attached hydrogens (tertiary/aromatic N) is 2. The average Bonchev–Trinajstić information content (AvgIpc) is 2.80. The van der Waals surface area contributed by atoms with Crippen LogP contribution in [0, 0.1) is 6.92 Å². The summed E-state index contributed by atoms with van der Waals surface area (Å²) in [6.45, 7) is 8.47. The van der Waals surface area contributed by atoms with Gasteiger partial charge in [-0.3, -0.25) is 0 Å². The molecule has 0 amide bonds. The maximum Gasteiger partial charge on any atom is 0.105 e. The van der Waals surface area contributed by atoms with E-state index in [1.807, 2.05) is 19.3 Å². The first-order valence-electron chi connectivity index (χ1n) is 7.01. The number of aromatic nitrogens is 2. The van der Waals surface area contributed by atoms with Crippen molar-refractivity contribution in [1.82, 2.24) is 14.9 Å². The Morgan fingerprint density at radius 3 is 2.72 bits per heavy atom. The minimum absolute atomic E-state index is 0.107. The third-order valence-electron chi connectivity index (χ3n) is 3.71. The Kier molecular flexibility index (Phi) is 6.36. The predicted octanol–water partition coefficient (Wildman–Crippen LogP) is 2.11. The first-order valence-corrected chi connectivity index (χ1v) is 7.01. The number of aryl methyl sites for hydroxylation is 2. The molecular formula is C14H27N3O. The molecule has 18 heavy (non-hydrogen) atoms. The average molecular weight is 253 g/mol. The molecule has 0 spiro atoms. The number of rotatable bonds is 9. The zero-order chi connectivity index (χ0) is 13.4. The standard InChI is InChI=1S/C14H27N3O/c1-4-8-16-14(5-2,12-18)7-6-10-17-11-9-15-13(17)3/h9,11,16,18H,4-8,10,12H2,1-3H3. The van der Waals surface area contributed by atoms with Crippen LogP contribution in [0.1, 0.15) is 45.4 Å². The molecule has 1 atom stereocenters. The molecule has 0 saturated carbocycles. The summed E-state index contributed by atoms with van der Waals surface area (Å²) in [5.74, 6) is 1.06. The molecule has 1 aromatic rings. The molecule has 0 aromatic carbocycles. The van der Waals surface area contributed by atoms with Gasteiger partial charge in [0, 0.05) is 24.5 Å². The Bertz CT molecular complexity index is 332. The molecule has 0 fully saturated rings. The number of hydrogen-bond acceptors (Lipinski definition) is 3. The highest BCUT2D eigenvalue weighted by Gasteiger charge is 2.25. The van der Waals surface area contributed by atoms with Gasteiger partial charge in [0.15, 0.2) is 0 Å². The summed E-state index contributed by atoms with van der Waals surface area (Å²) in [5.41, 5.74) is -0.107. The lowest BCUT2D eigenvalue weighted by molar-refractivity contribution is 0.143. The van der Waals surface area contributed by atoms with Crippen molar-refractivity contribution in [2.75, 3.05) is 13.2 Å². The molecule has 0 aliphatic carbocycles. The van der Waals surface area contributed by atoms with Gasteiger partial charge < -0.3 is 15.0 Å². The zero-order valence-corrected chi connectivity index (χ0v) is 11.9. The van der Waals surface area contributed by atoms with E-state index < -0.39 is 0 Å². The van der Waals surface area contributed by atoms with Crippen molar-refractivity contribution in [3.8, 4) is 0 Å². The second-order valence-electron chi connectivity index (χ2n) is 4.99. The molecule has 0 radical (unpaired) electrons. The summed E-state index contributed by atoms with van der Waals surface area (Å²) >= 11 is 0. The van der Waals surface area contributed by atoms with Gasteiger partial charge in [-0.15, -0.1) is 0 Å². The molecule has 1 heterocycles. The van der Waals surface area contributed by atoms with Crippen LogP contribution in [0.25, 0.3) is 0 Å². The number of aliphatic hydroxyl groups is 1. The minimum atomic E-state index is -0.107. The van der Waals surface area contributed by atoms with E-state index in [2.05, 4.69) is 28.7 Å². The fourth-order valence-electron chi connectivity index (χ4n) is 2.25. The second kappa shape index (κ2) is 7.54. The lowest BCUT2D eigenvalue weighted by atomic mass is 9.91. The van der Waals surface area contributed by atoms with Crippen molar-refractivity contribution in [3.05, 3.63) is 18.2 Å². The smallest absolute Gasteiger partial charge is 0.105 e. The van der Waals surface area contributed by atoms with Gasteiger partial charge in [-0.05, 0) is 39.2 Å². The Balaban J connectivity index is 2.44. The Morgan fingerprint density at radius 2 is 2.22 bits per heavy atom. The fraction of sp³-hybridized carbons (Fsp3) is 0.786. The lowest BCUT2D eigenvalue weighted by Gasteiger charge is -2.32. The van der Waals surface area contributed by atoms with Crippen LogP contribution >= 0.6 is 0 Å². The molecule has 104 valence electrons. The maximum absolute atomic E-state index is 9.63. The zero-order valence-electron chi connectivity index (χ0n) is 11.9. The third kappa shape index (κ3) is 4.10. The van der Waals surface area contributed by atoms with E-state index >= 15 is 0 Å². The first-order chi connectivity index (χ1) is 8.67. The number of aliphatic hydroxyl groups excluding tert-OH is 1. The van der Waals surface area contributed by atoms with Crippen LogP contribution in [0.2, 0.25) is 0 Å². The molecule has 4 heteroatoms. The summed E-state index contributed by atoms with van der Waals surface area (Å²) in [4.78, 5) is 4.22. The Hall–Kier alpha value is -0.870. The normalized spacial score (nSPS) is 14.7. The number of hydrogen-bond donors (Lipinski definition) is 2. The van der Waals surface area contributed by atoms with E-state index in [9.17, 15) is 5.11 Å². The molecule has 4 nitrogen and oxygen atoms in total. The van der Waals surface area contributed by atoms with Crippen molar-refractivity contribution >= 4 is 0 Å². The second-order valence-corrected chi connectivity index (χ2v) is 4.99. The molecule has 1 rings (SSSR count).